The lowest BCUT2D eigenvalue weighted by Crippen LogP contribution is -2.20. The first-order chi connectivity index (χ1) is 12.9. The average Bonchev–Trinajstić information content (AvgIpc) is 2.62. The second kappa shape index (κ2) is 10.1. The van der Waals surface area contributed by atoms with Gasteiger partial charge in [0.05, 0.1) is 6.21 Å². The zero-order valence-corrected chi connectivity index (χ0v) is 15.9. The maximum atomic E-state index is 11.9. The van der Waals surface area contributed by atoms with E-state index in [1.807, 2.05) is 45.0 Å². The smallest absolute Gasteiger partial charge is 0.262 e. The minimum Gasteiger partial charge on any atom is -0.484 e. The molecule has 0 heterocycles. The summed E-state index contributed by atoms with van der Waals surface area (Å²) < 4.78 is 5.48. The number of hydrazone groups is 1. The molecular weight excluding hydrogens is 342 g/mol. The van der Waals surface area contributed by atoms with Crippen molar-refractivity contribution < 1.29 is 14.3 Å². The van der Waals surface area contributed by atoms with Gasteiger partial charge in [0.2, 0.25) is 5.91 Å². The van der Waals surface area contributed by atoms with Crippen molar-refractivity contribution >= 4 is 23.7 Å². The third-order valence-corrected chi connectivity index (χ3v) is 3.58. The summed E-state index contributed by atoms with van der Waals surface area (Å²) in [6.45, 7) is 5.86. The van der Waals surface area contributed by atoms with Gasteiger partial charge < -0.3 is 10.1 Å². The molecule has 0 aromatic heterocycles. The van der Waals surface area contributed by atoms with Gasteiger partial charge in [-0.15, -0.1) is 0 Å². The number of carbonyl (C=O) groups is 2. The quantitative estimate of drug-likeness (QED) is 0.553. The summed E-state index contributed by atoms with van der Waals surface area (Å²) in [6, 6.07) is 14.6. The average molecular weight is 367 g/mol. The Morgan fingerprint density at radius 3 is 2.33 bits per heavy atom. The van der Waals surface area contributed by atoms with E-state index >= 15 is 0 Å². The zero-order valence-electron chi connectivity index (χ0n) is 15.9. The number of ether oxygens (including phenoxy) is 1. The Bertz CT molecular complexity index is 781. The number of amides is 2. The number of hydrogen-bond acceptors (Lipinski definition) is 4. The van der Waals surface area contributed by atoms with Crippen molar-refractivity contribution in [1.29, 1.82) is 0 Å². The van der Waals surface area contributed by atoms with Crippen LogP contribution in [0.2, 0.25) is 0 Å². The Balaban J connectivity index is 1.77. The molecule has 0 aliphatic rings. The van der Waals surface area contributed by atoms with Gasteiger partial charge in [0, 0.05) is 12.1 Å². The molecule has 0 radical (unpaired) electrons. The van der Waals surface area contributed by atoms with Crippen LogP contribution in [0.4, 0.5) is 5.69 Å². The Morgan fingerprint density at radius 2 is 1.70 bits per heavy atom. The lowest BCUT2D eigenvalue weighted by molar-refractivity contribution is -0.121. The van der Waals surface area contributed by atoms with Crippen molar-refractivity contribution in [1.82, 2.24) is 5.43 Å². The topological polar surface area (TPSA) is 79.8 Å². The SMILES string of the molecule is Cc1ccc(NC(=O)COc2ccc(/C=N\NC(=O)CC(C)C)cc2)cc1. The van der Waals surface area contributed by atoms with Crippen molar-refractivity contribution in [3.8, 4) is 5.75 Å². The minimum atomic E-state index is -0.225. The molecule has 2 N–H and O–H groups in total. The summed E-state index contributed by atoms with van der Waals surface area (Å²) in [4.78, 5) is 23.4. The lowest BCUT2D eigenvalue weighted by Gasteiger charge is -2.08. The molecule has 0 atom stereocenters. The highest BCUT2D eigenvalue weighted by Gasteiger charge is 2.04. The van der Waals surface area contributed by atoms with Crippen molar-refractivity contribution in [2.75, 3.05) is 11.9 Å². The molecule has 2 aromatic carbocycles. The standard InChI is InChI=1S/C21H25N3O3/c1-15(2)12-20(25)24-22-13-17-6-10-19(11-7-17)27-14-21(26)23-18-8-4-16(3)5-9-18/h4-11,13,15H,12,14H2,1-3H3,(H,23,26)(H,24,25)/b22-13-. The highest BCUT2D eigenvalue weighted by molar-refractivity contribution is 5.91. The second-order valence-corrected chi connectivity index (χ2v) is 6.66. The molecule has 0 fully saturated rings. The van der Waals surface area contributed by atoms with E-state index in [0.29, 0.717) is 18.1 Å². The predicted octanol–water partition coefficient (Wildman–Crippen LogP) is 3.51. The summed E-state index contributed by atoms with van der Waals surface area (Å²) in [7, 11) is 0. The Labute approximate surface area is 159 Å². The molecule has 0 saturated carbocycles. The van der Waals surface area contributed by atoms with Crippen molar-refractivity contribution in [3.63, 3.8) is 0 Å². The molecule has 0 spiro atoms. The highest BCUT2D eigenvalue weighted by Crippen LogP contribution is 2.12. The summed E-state index contributed by atoms with van der Waals surface area (Å²) in [6.07, 6.45) is 2.00. The Morgan fingerprint density at radius 1 is 1.04 bits per heavy atom. The number of benzene rings is 2. The third kappa shape index (κ3) is 7.73. The van der Waals surface area contributed by atoms with Crippen LogP contribution in [0.1, 0.15) is 31.4 Å². The van der Waals surface area contributed by atoms with Crippen molar-refractivity contribution in [2.24, 2.45) is 11.0 Å². The first-order valence-electron chi connectivity index (χ1n) is 8.83. The minimum absolute atomic E-state index is 0.0768. The Kier molecular flexibility index (Phi) is 7.55. The van der Waals surface area contributed by atoms with E-state index in [9.17, 15) is 9.59 Å². The third-order valence-electron chi connectivity index (χ3n) is 3.58. The monoisotopic (exact) mass is 367 g/mol. The number of anilines is 1. The van der Waals surface area contributed by atoms with Gasteiger partial charge in [-0.25, -0.2) is 5.43 Å². The number of rotatable bonds is 8. The number of nitrogens with zero attached hydrogens (tertiary/aromatic N) is 1. The van der Waals surface area contributed by atoms with Crippen LogP contribution in [0.3, 0.4) is 0 Å². The lowest BCUT2D eigenvalue weighted by atomic mass is 10.1. The van der Waals surface area contributed by atoms with Crippen LogP contribution in [0.15, 0.2) is 53.6 Å². The summed E-state index contributed by atoms with van der Waals surface area (Å²) in [5, 5.41) is 6.70. The molecule has 142 valence electrons. The van der Waals surface area contributed by atoms with E-state index < -0.39 is 0 Å². The maximum Gasteiger partial charge on any atom is 0.262 e. The Hall–Kier alpha value is -3.15. The van der Waals surface area contributed by atoms with Crippen LogP contribution in [-0.2, 0) is 9.59 Å². The summed E-state index contributed by atoms with van der Waals surface area (Å²) in [5.41, 5.74) is 5.17. The van der Waals surface area contributed by atoms with Gasteiger partial charge in [-0.05, 0) is 54.8 Å². The van der Waals surface area contributed by atoms with E-state index in [2.05, 4.69) is 15.8 Å². The number of carbonyl (C=O) groups excluding carboxylic acids is 2. The van der Waals surface area contributed by atoms with E-state index in [-0.39, 0.29) is 18.4 Å². The molecule has 2 amide bonds. The van der Waals surface area contributed by atoms with Gasteiger partial charge in [0.1, 0.15) is 5.75 Å². The molecule has 0 bridgehead atoms. The predicted molar refractivity (Wildman–Crippen MR) is 107 cm³/mol. The molecular formula is C21H25N3O3. The van der Waals surface area contributed by atoms with Crippen molar-refractivity contribution in [2.45, 2.75) is 27.2 Å². The molecule has 6 nitrogen and oxygen atoms in total. The van der Waals surface area contributed by atoms with E-state index in [1.165, 1.54) is 0 Å². The first-order valence-corrected chi connectivity index (χ1v) is 8.83. The maximum absolute atomic E-state index is 11.9. The largest absolute Gasteiger partial charge is 0.484 e. The molecule has 27 heavy (non-hydrogen) atoms. The fourth-order valence-electron chi connectivity index (χ4n) is 2.23. The van der Waals surface area contributed by atoms with E-state index in [4.69, 9.17) is 4.74 Å². The molecule has 0 saturated heterocycles. The van der Waals surface area contributed by atoms with Crippen LogP contribution in [0.5, 0.6) is 5.75 Å². The summed E-state index contributed by atoms with van der Waals surface area (Å²) >= 11 is 0. The van der Waals surface area contributed by atoms with Crippen LogP contribution < -0.4 is 15.5 Å². The highest BCUT2D eigenvalue weighted by atomic mass is 16.5. The van der Waals surface area contributed by atoms with Crippen LogP contribution in [0, 0.1) is 12.8 Å². The molecule has 0 unspecified atom stereocenters. The van der Waals surface area contributed by atoms with Crippen molar-refractivity contribution in [3.05, 3.63) is 59.7 Å². The van der Waals surface area contributed by atoms with Crippen LogP contribution in [0.25, 0.3) is 0 Å². The molecule has 6 heteroatoms. The van der Waals surface area contributed by atoms with E-state index in [1.54, 1.807) is 30.5 Å². The zero-order chi connectivity index (χ0) is 19.6. The fourth-order valence-corrected chi connectivity index (χ4v) is 2.23. The van der Waals surface area contributed by atoms with Gasteiger partial charge in [0.15, 0.2) is 6.61 Å². The number of aryl methyl sites for hydroxylation is 1. The second-order valence-electron chi connectivity index (χ2n) is 6.66. The summed E-state index contributed by atoms with van der Waals surface area (Å²) in [5.74, 6) is 0.535. The van der Waals surface area contributed by atoms with Crippen LogP contribution >= 0.6 is 0 Å². The van der Waals surface area contributed by atoms with E-state index in [0.717, 1.165) is 16.8 Å². The van der Waals surface area contributed by atoms with Gasteiger partial charge in [-0.2, -0.15) is 5.10 Å². The molecule has 0 aliphatic heterocycles. The molecule has 2 rings (SSSR count). The first kappa shape index (κ1) is 20.2. The molecule has 2 aromatic rings. The van der Waals surface area contributed by atoms with Crippen LogP contribution in [-0.4, -0.2) is 24.6 Å². The number of nitrogens with one attached hydrogen (secondary N) is 2. The van der Waals surface area contributed by atoms with Gasteiger partial charge in [0.25, 0.3) is 5.91 Å². The normalized spacial score (nSPS) is 10.8. The van der Waals surface area contributed by atoms with Gasteiger partial charge >= 0.3 is 0 Å². The van der Waals surface area contributed by atoms with Gasteiger partial charge in [-0.3, -0.25) is 9.59 Å². The fraction of sp³-hybridized carbons (Fsp3) is 0.286. The molecule has 0 aliphatic carbocycles. The van der Waals surface area contributed by atoms with Gasteiger partial charge in [-0.1, -0.05) is 31.5 Å². The number of hydrogen-bond donors (Lipinski definition) is 2.